The summed E-state index contributed by atoms with van der Waals surface area (Å²) in [6.45, 7) is 2.73. The molecule has 1 saturated heterocycles. The summed E-state index contributed by atoms with van der Waals surface area (Å²) in [6, 6.07) is 11.6. The van der Waals surface area contributed by atoms with Crippen LogP contribution in [-0.4, -0.2) is 42.6 Å². The average molecular weight is 366 g/mol. The standard InChI is InChI=1S/C19H22N6O2/c1-14-7-5-6-11-23(14)17(26)13-25-19(27)24-12-10-16(21-18(24)22-25)20-15-8-3-2-4-9-15/h2-4,8-10,12,14H,5-7,11,13H2,1H3,(H,20,21,22)/t14-/m1/s1. The molecule has 3 aromatic rings. The molecule has 1 amide bonds. The molecule has 0 radical (unpaired) electrons. The molecule has 0 unspecified atom stereocenters. The highest BCUT2D eigenvalue weighted by Gasteiger charge is 2.24. The van der Waals surface area contributed by atoms with Crippen molar-refractivity contribution in [1.82, 2.24) is 24.1 Å². The van der Waals surface area contributed by atoms with Gasteiger partial charge >= 0.3 is 5.69 Å². The van der Waals surface area contributed by atoms with E-state index in [0.717, 1.165) is 31.5 Å². The Labute approximate surface area is 156 Å². The van der Waals surface area contributed by atoms with Gasteiger partial charge in [-0.25, -0.2) is 13.9 Å². The number of carbonyl (C=O) groups is 1. The van der Waals surface area contributed by atoms with Crippen molar-refractivity contribution in [3.63, 3.8) is 0 Å². The topological polar surface area (TPSA) is 84.5 Å². The van der Waals surface area contributed by atoms with Crippen molar-refractivity contribution in [2.75, 3.05) is 11.9 Å². The van der Waals surface area contributed by atoms with E-state index >= 15 is 0 Å². The highest BCUT2D eigenvalue weighted by atomic mass is 16.2. The van der Waals surface area contributed by atoms with E-state index in [0.29, 0.717) is 5.82 Å². The fourth-order valence-electron chi connectivity index (χ4n) is 3.44. The van der Waals surface area contributed by atoms with Crippen molar-refractivity contribution in [3.8, 4) is 0 Å². The summed E-state index contributed by atoms with van der Waals surface area (Å²) in [4.78, 5) is 31.4. The fraction of sp³-hybridized carbons (Fsp3) is 0.368. The molecular weight excluding hydrogens is 344 g/mol. The smallest absolute Gasteiger partial charge is 0.340 e. The number of anilines is 2. The molecule has 8 heteroatoms. The van der Waals surface area contributed by atoms with Crippen LogP contribution in [0.3, 0.4) is 0 Å². The van der Waals surface area contributed by atoms with Crippen LogP contribution in [0.2, 0.25) is 0 Å². The normalized spacial score (nSPS) is 17.2. The minimum Gasteiger partial charge on any atom is -0.340 e. The van der Waals surface area contributed by atoms with Crippen molar-refractivity contribution in [3.05, 3.63) is 53.1 Å². The first-order valence-electron chi connectivity index (χ1n) is 9.19. The van der Waals surface area contributed by atoms with Crippen LogP contribution in [0.4, 0.5) is 11.5 Å². The van der Waals surface area contributed by atoms with E-state index in [1.165, 1.54) is 9.08 Å². The third kappa shape index (κ3) is 3.55. The first kappa shape index (κ1) is 17.3. The van der Waals surface area contributed by atoms with Crippen LogP contribution < -0.4 is 11.0 Å². The molecule has 0 saturated carbocycles. The highest BCUT2D eigenvalue weighted by Crippen LogP contribution is 2.17. The summed E-state index contributed by atoms with van der Waals surface area (Å²) >= 11 is 0. The number of nitrogens with one attached hydrogen (secondary N) is 1. The largest absolute Gasteiger partial charge is 0.352 e. The van der Waals surface area contributed by atoms with Gasteiger partial charge in [0.1, 0.15) is 12.4 Å². The molecule has 0 aliphatic carbocycles. The lowest BCUT2D eigenvalue weighted by molar-refractivity contribution is -0.135. The summed E-state index contributed by atoms with van der Waals surface area (Å²) in [5.74, 6) is 0.776. The molecule has 1 aliphatic rings. The van der Waals surface area contributed by atoms with E-state index in [1.807, 2.05) is 42.2 Å². The van der Waals surface area contributed by atoms with Gasteiger partial charge in [-0.05, 0) is 44.4 Å². The lowest BCUT2D eigenvalue weighted by atomic mass is 10.0. The molecule has 8 nitrogen and oxygen atoms in total. The van der Waals surface area contributed by atoms with Crippen LogP contribution >= 0.6 is 0 Å². The van der Waals surface area contributed by atoms with Crippen LogP contribution in [0.5, 0.6) is 0 Å². The van der Waals surface area contributed by atoms with Gasteiger partial charge in [-0.15, -0.1) is 5.10 Å². The number of carbonyl (C=O) groups excluding carboxylic acids is 1. The highest BCUT2D eigenvalue weighted by molar-refractivity contribution is 5.76. The molecule has 1 fully saturated rings. The summed E-state index contributed by atoms with van der Waals surface area (Å²) in [5, 5.41) is 7.42. The number of rotatable bonds is 4. The molecule has 140 valence electrons. The van der Waals surface area contributed by atoms with Crippen molar-refractivity contribution in [1.29, 1.82) is 0 Å². The Hall–Kier alpha value is -3.16. The van der Waals surface area contributed by atoms with Gasteiger partial charge in [0.25, 0.3) is 5.78 Å². The number of amides is 1. The molecule has 0 bridgehead atoms. The van der Waals surface area contributed by atoms with E-state index in [2.05, 4.69) is 15.4 Å². The Kier molecular flexibility index (Phi) is 4.62. The van der Waals surface area contributed by atoms with E-state index in [4.69, 9.17) is 0 Å². The molecule has 2 aromatic heterocycles. The van der Waals surface area contributed by atoms with Crippen LogP contribution in [0, 0.1) is 0 Å². The van der Waals surface area contributed by atoms with E-state index in [-0.39, 0.29) is 30.0 Å². The lowest BCUT2D eigenvalue weighted by Crippen LogP contribution is -2.44. The second-order valence-corrected chi connectivity index (χ2v) is 6.85. The minimum atomic E-state index is -0.359. The van der Waals surface area contributed by atoms with Crippen molar-refractivity contribution >= 4 is 23.2 Å². The SMILES string of the molecule is C[C@@H]1CCCCN1C(=O)Cn1nc2nc(Nc3ccccc3)ccn2c1=O. The molecule has 1 N–H and O–H groups in total. The lowest BCUT2D eigenvalue weighted by Gasteiger charge is -2.33. The number of hydrogen-bond acceptors (Lipinski definition) is 5. The van der Waals surface area contributed by atoms with E-state index in [9.17, 15) is 9.59 Å². The summed E-state index contributed by atoms with van der Waals surface area (Å²) in [5.41, 5.74) is 0.534. The minimum absolute atomic E-state index is 0.0615. The Bertz CT molecular complexity index is 1010. The molecule has 4 rings (SSSR count). The number of piperidine rings is 1. The number of benzene rings is 1. The molecule has 0 spiro atoms. The predicted octanol–water partition coefficient (Wildman–Crippen LogP) is 2.04. The van der Waals surface area contributed by atoms with Crippen LogP contribution in [-0.2, 0) is 11.3 Å². The maximum atomic E-state index is 12.6. The van der Waals surface area contributed by atoms with Gasteiger partial charge in [-0.1, -0.05) is 18.2 Å². The maximum absolute atomic E-state index is 12.6. The number of likely N-dealkylation sites (tertiary alicyclic amines) is 1. The summed E-state index contributed by atoms with van der Waals surface area (Å²) < 4.78 is 2.54. The van der Waals surface area contributed by atoms with Gasteiger partial charge in [-0.2, -0.15) is 4.98 Å². The monoisotopic (exact) mass is 366 g/mol. The first-order valence-corrected chi connectivity index (χ1v) is 9.19. The fourth-order valence-corrected chi connectivity index (χ4v) is 3.44. The zero-order valence-electron chi connectivity index (χ0n) is 15.2. The predicted molar refractivity (Wildman–Crippen MR) is 102 cm³/mol. The van der Waals surface area contributed by atoms with E-state index < -0.39 is 0 Å². The second-order valence-electron chi connectivity index (χ2n) is 6.85. The molecule has 1 atom stereocenters. The van der Waals surface area contributed by atoms with Gasteiger partial charge in [0.05, 0.1) is 0 Å². The molecule has 27 heavy (non-hydrogen) atoms. The third-order valence-corrected chi connectivity index (χ3v) is 4.91. The Morgan fingerprint density at radius 2 is 2.04 bits per heavy atom. The van der Waals surface area contributed by atoms with E-state index in [1.54, 1.807) is 12.3 Å². The average Bonchev–Trinajstić information content (AvgIpc) is 2.98. The number of fused-ring (bicyclic) bond motifs is 1. The van der Waals surface area contributed by atoms with Crippen molar-refractivity contribution in [2.24, 2.45) is 0 Å². The molecule has 1 aliphatic heterocycles. The summed E-state index contributed by atoms with van der Waals surface area (Å²) in [6.07, 6.45) is 4.77. The quantitative estimate of drug-likeness (QED) is 0.764. The molecule has 3 heterocycles. The molecule has 1 aromatic carbocycles. The first-order chi connectivity index (χ1) is 13.1. The Morgan fingerprint density at radius 1 is 1.22 bits per heavy atom. The van der Waals surface area contributed by atoms with Gasteiger partial charge in [0.15, 0.2) is 0 Å². The molecular formula is C19H22N6O2. The van der Waals surface area contributed by atoms with Crippen molar-refractivity contribution in [2.45, 2.75) is 38.8 Å². The zero-order valence-corrected chi connectivity index (χ0v) is 15.2. The van der Waals surface area contributed by atoms with Gasteiger partial charge in [0, 0.05) is 24.5 Å². The van der Waals surface area contributed by atoms with Gasteiger partial charge < -0.3 is 10.2 Å². The number of nitrogens with zero attached hydrogens (tertiary/aromatic N) is 5. The Morgan fingerprint density at radius 3 is 2.81 bits per heavy atom. The number of para-hydroxylation sites is 1. The Balaban J connectivity index is 1.56. The van der Waals surface area contributed by atoms with Gasteiger partial charge in [-0.3, -0.25) is 4.79 Å². The third-order valence-electron chi connectivity index (χ3n) is 4.91. The second kappa shape index (κ2) is 7.22. The summed E-state index contributed by atoms with van der Waals surface area (Å²) in [7, 11) is 0. The van der Waals surface area contributed by atoms with Crippen LogP contribution in [0.15, 0.2) is 47.4 Å². The maximum Gasteiger partial charge on any atom is 0.352 e. The number of aromatic nitrogens is 4. The van der Waals surface area contributed by atoms with Gasteiger partial charge in [0.2, 0.25) is 5.91 Å². The van der Waals surface area contributed by atoms with Crippen LogP contribution in [0.1, 0.15) is 26.2 Å². The zero-order chi connectivity index (χ0) is 18.8. The van der Waals surface area contributed by atoms with Crippen LogP contribution in [0.25, 0.3) is 5.78 Å². The number of hydrogen-bond donors (Lipinski definition) is 1. The van der Waals surface area contributed by atoms with Crippen molar-refractivity contribution < 1.29 is 4.79 Å².